The maximum atomic E-state index is 12.8. The van der Waals surface area contributed by atoms with Crippen LogP contribution < -0.4 is 4.72 Å². The first-order chi connectivity index (χ1) is 10.8. The fourth-order valence-electron chi connectivity index (χ4n) is 2.71. The molecule has 2 rings (SSSR count). The molecule has 1 aliphatic heterocycles. The summed E-state index contributed by atoms with van der Waals surface area (Å²) in [7, 11) is -4.03. The lowest BCUT2D eigenvalue weighted by Crippen LogP contribution is -2.45. The Morgan fingerprint density at radius 2 is 1.91 bits per heavy atom. The van der Waals surface area contributed by atoms with Crippen molar-refractivity contribution in [2.75, 3.05) is 6.54 Å². The number of nitrogens with one attached hydrogen (secondary N) is 1. The Labute approximate surface area is 134 Å². The molecule has 0 aromatic heterocycles. The fraction of sp³-hybridized carbons (Fsp3) is 0.467. The average Bonchev–Trinajstić information content (AvgIpc) is 2.47. The summed E-state index contributed by atoms with van der Waals surface area (Å²) in [6.45, 7) is 2.02. The Kier molecular flexibility index (Phi) is 5.35. The summed E-state index contributed by atoms with van der Waals surface area (Å²) in [5.41, 5.74) is 0. The molecular weight excluding hydrogens is 323 g/mol. The van der Waals surface area contributed by atoms with Gasteiger partial charge in [0.15, 0.2) is 0 Å². The van der Waals surface area contributed by atoms with Crippen molar-refractivity contribution in [3.63, 3.8) is 0 Å². The highest BCUT2D eigenvalue weighted by Crippen LogP contribution is 2.20. The summed E-state index contributed by atoms with van der Waals surface area (Å²) in [5.74, 6) is -1.36. The summed E-state index contributed by atoms with van der Waals surface area (Å²) >= 11 is 0. The number of carbonyl (C=O) groups excluding carboxylic acids is 2. The van der Waals surface area contributed by atoms with Gasteiger partial charge in [-0.3, -0.25) is 9.59 Å². The number of carbonyl (C=O) groups is 2. The van der Waals surface area contributed by atoms with Gasteiger partial charge in [0.25, 0.3) is 10.0 Å². The van der Waals surface area contributed by atoms with Crippen LogP contribution in [0.1, 0.15) is 32.6 Å². The van der Waals surface area contributed by atoms with E-state index in [1.165, 1.54) is 6.92 Å². The first-order valence-electron chi connectivity index (χ1n) is 7.38. The molecule has 126 valence electrons. The van der Waals surface area contributed by atoms with Gasteiger partial charge in [0.1, 0.15) is 5.82 Å². The minimum atomic E-state index is -4.03. The number of hydrogen-bond donors (Lipinski definition) is 1. The van der Waals surface area contributed by atoms with Crippen molar-refractivity contribution in [2.24, 2.45) is 0 Å². The SMILES string of the molecule is CC(=O)N1CCCC[C@H]1CC(=O)NS(=O)(=O)c1ccc(F)cc1. The minimum absolute atomic E-state index is 0.0694. The van der Waals surface area contributed by atoms with Crippen LogP contribution in [0.2, 0.25) is 0 Å². The first kappa shape index (κ1) is 17.4. The van der Waals surface area contributed by atoms with Gasteiger partial charge in [-0.05, 0) is 43.5 Å². The molecule has 2 amide bonds. The highest BCUT2D eigenvalue weighted by atomic mass is 32.2. The number of amides is 2. The zero-order valence-electron chi connectivity index (χ0n) is 12.8. The number of benzene rings is 1. The highest BCUT2D eigenvalue weighted by molar-refractivity contribution is 7.90. The second-order valence-corrected chi connectivity index (χ2v) is 7.23. The van der Waals surface area contributed by atoms with E-state index in [2.05, 4.69) is 0 Å². The lowest BCUT2D eigenvalue weighted by atomic mass is 9.99. The normalized spacial score (nSPS) is 18.5. The molecule has 0 saturated carbocycles. The van der Waals surface area contributed by atoms with E-state index in [-0.39, 0.29) is 23.3 Å². The van der Waals surface area contributed by atoms with Crippen molar-refractivity contribution < 1.29 is 22.4 Å². The second kappa shape index (κ2) is 7.08. The Bertz CT molecular complexity index is 688. The molecule has 1 aromatic rings. The average molecular weight is 342 g/mol. The van der Waals surface area contributed by atoms with Gasteiger partial charge in [0.2, 0.25) is 11.8 Å². The first-order valence-corrected chi connectivity index (χ1v) is 8.86. The summed E-state index contributed by atoms with van der Waals surface area (Å²) in [6.07, 6.45) is 2.38. The molecule has 1 atom stereocenters. The van der Waals surface area contributed by atoms with Crippen LogP contribution in [0.3, 0.4) is 0 Å². The molecule has 0 spiro atoms. The predicted molar refractivity (Wildman–Crippen MR) is 81.4 cm³/mol. The van der Waals surface area contributed by atoms with E-state index in [0.717, 1.165) is 37.1 Å². The monoisotopic (exact) mass is 342 g/mol. The van der Waals surface area contributed by atoms with Gasteiger partial charge in [-0.2, -0.15) is 0 Å². The van der Waals surface area contributed by atoms with Crippen LogP contribution >= 0.6 is 0 Å². The molecule has 6 nitrogen and oxygen atoms in total. The number of nitrogens with zero attached hydrogens (tertiary/aromatic N) is 1. The van der Waals surface area contributed by atoms with Gasteiger partial charge in [0, 0.05) is 25.9 Å². The number of halogens is 1. The van der Waals surface area contributed by atoms with Crippen LogP contribution in [0.5, 0.6) is 0 Å². The van der Waals surface area contributed by atoms with Gasteiger partial charge in [-0.1, -0.05) is 0 Å². The van der Waals surface area contributed by atoms with Crippen LogP contribution in [0, 0.1) is 5.82 Å². The second-order valence-electron chi connectivity index (χ2n) is 5.55. The van der Waals surface area contributed by atoms with Crippen molar-refractivity contribution in [3.8, 4) is 0 Å². The van der Waals surface area contributed by atoms with Crippen LogP contribution in [0.4, 0.5) is 4.39 Å². The summed E-state index contributed by atoms with van der Waals surface area (Å²) < 4.78 is 39.0. The van der Waals surface area contributed by atoms with E-state index >= 15 is 0 Å². The molecule has 1 aromatic carbocycles. The topological polar surface area (TPSA) is 83.6 Å². The molecule has 1 fully saturated rings. The quantitative estimate of drug-likeness (QED) is 0.897. The van der Waals surface area contributed by atoms with E-state index in [9.17, 15) is 22.4 Å². The number of piperidine rings is 1. The summed E-state index contributed by atoms with van der Waals surface area (Å²) in [5, 5.41) is 0. The minimum Gasteiger partial charge on any atom is -0.339 e. The smallest absolute Gasteiger partial charge is 0.264 e. The predicted octanol–water partition coefficient (Wildman–Crippen LogP) is 1.42. The van der Waals surface area contributed by atoms with Gasteiger partial charge in [-0.15, -0.1) is 0 Å². The third-order valence-corrected chi connectivity index (χ3v) is 5.21. The van der Waals surface area contributed by atoms with Crippen molar-refractivity contribution in [3.05, 3.63) is 30.1 Å². The van der Waals surface area contributed by atoms with E-state index in [4.69, 9.17) is 0 Å². The molecular formula is C15H19FN2O4S. The van der Waals surface area contributed by atoms with E-state index in [1.807, 2.05) is 4.72 Å². The van der Waals surface area contributed by atoms with Crippen molar-refractivity contribution in [1.82, 2.24) is 9.62 Å². The molecule has 1 heterocycles. The van der Waals surface area contributed by atoms with Gasteiger partial charge in [0.05, 0.1) is 4.90 Å². The van der Waals surface area contributed by atoms with Gasteiger partial charge >= 0.3 is 0 Å². The van der Waals surface area contributed by atoms with Crippen molar-refractivity contribution in [1.29, 1.82) is 0 Å². The fourth-order valence-corrected chi connectivity index (χ4v) is 3.70. The molecule has 0 unspecified atom stereocenters. The Hall–Kier alpha value is -1.96. The van der Waals surface area contributed by atoms with Crippen molar-refractivity contribution >= 4 is 21.8 Å². The Morgan fingerprint density at radius 1 is 1.26 bits per heavy atom. The van der Waals surface area contributed by atoms with Crippen LogP contribution in [0.25, 0.3) is 0 Å². The zero-order chi connectivity index (χ0) is 17.0. The number of rotatable bonds is 4. The molecule has 1 N–H and O–H groups in total. The molecule has 0 bridgehead atoms. The lowest BCUT2D eigenvalue weighted by Gasteiger charge is -2.34. The largest absolute Gasteiger partial charge is 0.339 e. The maximum absolute atomic E-state index is 12.8. The highest BCUT2D eigenvalue weighted by Gasteiger charge is 2.28. The van der Waals surface area contributed by atoms with Crippen molar-refractivity contribution in [2.45, 2.75) is 43.5 Å². The maximum Gasteiger partial charge on any atom is 0.264 e. The zero-order valence-corrected chi connectivity index (χ0v) is 13.6. The van der Waals surface area contributed by atoms with E-state index in [0.29, 0.717) is 13.0 Å². The van der Waals surface area contributed by atoms with E-state index in [1.54, 1.807) is 4.90 Å². The molecule has 8 heteroatoms. The Balaban J connectivity index is 2.03. The standard InChI is InChI=1S/C15H19FN2O4S/c1-11(19)18-9-3-2-4-13(18)10-15(20)17-23(21,22)14-7-5-12(16)6-8-14/h5-8,13H,2-4,9-10H2,1H3,(H,17,20)/t13-/m0/s1. The number of hydrogen-bond acceptors (Lipinski definition) is 4. The number of sulfonamides is 1. The summed E-state index contributed by atoms with van der Waals surface area (Å²) in [6, 6.07) is 3.92. The molecule has 1 aliphatic rings. The van der Waals surface area contributed by atoms with Crippen LogP contribution in [-0.2, 0) is 19.6 Å². The molecule has 1 saturated heterocycles. The third-order valence-electron chi connectivity index (χ3n) is 3.82. The van der Waals surface area contributed by atoms with Gasteiger partial charge in [-0.25, -0.2) is 17.5 Å². The lowest BCUT2D eigenvalue weighted by molar-refractivity contribution is -0.133. The van der Waals surface area contributed by atoms with Crippen LogP contribution in [0.15, 0.2) is 29.2 Å². The molecule has 0 aliphatic carbocycles. The number of likely N-dealkylation sites (tertiary alicyclic amines) is 1. The summed E-state index contributed by atoms with van der Waals surface area (Å²) in [4.78, 5) is 25.0. The molecule has 0 radical (unpaired) electrons. The third kappa shape index (κ3) is 4.51. The molecule has 23 heavy (non-hydrogen) atoms. The van der Waals surface area contributed by atoms with E-state index < -0.39 is 21.7 Å². The Morgan fingerprint density at radius 3 is 2.52 bits per heavy atom. The van der Waals surface area contributed by atoms with Gasteiger partial charge < -0.3 is 4.90 Å². The van der Waals surface area contributed by atoms with Crippen LogP contribution in [-0.4, -0.2) is 37.7 Å².